The Kier molecular flexibility index (Phi) is 4.99. The summed E-state index contributed by atoms with van der Waals surface area (Å²) in [4.78, 5) is 2.58. The number of amidine groups is 1. The van der Waals surface area contributed by atoms with Crippen molar-refractivity contribution in [2.24, 2.45) is 23.0 Å². The molecule has 3 heteroatoms. The van der Waals surface area contributed by atoms with Crippen molar-refractivity contribution in [3.05, 3.63) is 0 Å². The van der Waals surface area contributed by atoms with Crippen molar-refractivity contribution in [3.63, 3.8) is 0 Å². The molecule has 17 heavy (non-hydrogen) atoms. The summed E-state index contributed by atoms with van der Waals surface area (Å²) in [6.45, 7) is 12.5. The third-order valence-electron chi connectivity index (χ3n) is 3.95. The molecule has 0 aromatic carbocycles. The van der Waals surface area contributed by atoms with E-state index in [9.17, 15) is 0 Å². The second-order valence-corrected chi connectivity index (χ2v) is 6.61. The summed E-state index contributed by atoms with van der Waals surface area (Å²) < 4.78 is 0. The van der Waals surface area contributed by atoms with Gasteiger partial charge < -0.3 is 10.6 Å². The Bertz CT molecular complexity index is 250. The second kappa shape index (κ2) is 5.85. The number of nitrogens with two attached hydrogens (primary N) is 1. The number of hydrogen-bond donors (Lipinski definition) is 2. The Morgan fingerprint density at radius 1 is 1.29 bits per heavy atom. The number of nitrogens with one attached hydrogen (secondary N) is 1. The van der Waals surface area contributed by atoms with E-state index < -0.39 is 0 Å². The maximum absolute atomic E-state index is 7.55. The second-order valence-electron chi connectivity index (χ2n) is 6.61. The van der Waals surface area contributed by atoms with Crippen molar-refractivity contribution in [3.8, 4) is 0 Å². The molecule has 2 atom stereocenters. The normalized spacial score (nSPS) is 27.1. The zero-order chi connectivity index (χ0) is 13.1. The van der Waals surface area contributed by atoms with Gasteiger partial charge in [-0.3, -0.25) is 5.41 Å². The molecule has 0 saturated carbocycles. The first-order chi connectivity index (χ1) is 7.81. The molecule has 1 aliphatic heterocycles. The van der Waals surface area contributed by atoms with Crippen molar-refractivity contribution in [1.29, 1.82) is 5.41 Å². The van der Waals surface area contributed by atoms with E-state index in [4.69, 9.17) is 11.1 Å². The van der Waals surface area contributed by atoms with Gasteiger partial charge in [-0.2, -0.15) is 0 Å². The maximum atomic E-state index is 7.55. The molecular weight excluding hydrogens is 210 g/mol. The molecule has 0 aromatic heterocycles. The minimum atomic E-state index is -0.132. The van der Waals surface area contributed by atoms with Crippen LogP contribution in [0.3, 0.4) is 0 Å². The SMILES string of the molecule is CC1CC(C)CN(CCCC(C)(C)C(=N)N)C1. The Labute approximate surface area is 106 Å². The first-order valence-electron chi connectivity index (χ1n) is 6.88. The summed E-state index contributed by atoms with van der Waals surface area (Å²) in [5.41, 5.74) is 5.47. The molecule has 2 unspecified atom stereocenters. The van der Waals surface area contributed by atoms with Crippen LogP contribution < -0.4 is 5.73 Å². The van der Waals surface area contributed by atoms with E-state index in [1.54, 1.807) is 0 Å². The summed E-state index contributed by atoms with van der Waals surface area (Å²) in [5, 5.41) is 7.55. The molecule has 3 N–H and O–H groups in total. The van der Waals surface area contributed by atoms with E-state index in [2.05, 4.69) is 32.6 Å². The van der Waals surface area contributed by atoms with Crippen LogP contribution in [0.4, 0.5) is 0 Å². The van der Waals surface area contributed by atoms with Crippen molar-refractivity contribution in [2.75, 3.05) is 19.6 Å². The Hall–Kier alpha value is -0.570. The summed E-state index contributed by atoms with van der Waals surface area (Å²) >= 11 is 0. The van der Waals surface area contributed by atoms with Crippen molar-refractivity contribution in [1.82, 2.24) is 4.90 Å². The van der Waals surface area contributed by atoms with Gasteiger partial charge in [0, 0.05) is 18.5 Å². The standard InChI is InChI=1S/C14H29N3/c1-11-8-12(2)10-17(9-11)7-5-6-14(3,4)13(15)16/h11-12H,5-10H2,1-4H3,(H3,15,16). The number of likely N-dealkylation sites (tertiary alicyclic amines) is 1. The fourth-order valence-corrected chi connectivity index (χ4v) is 2.85. The molecule has 0 amide bonds. The topological polar surface area (TPSA) is 53.1 Å². The number of piperidine rings is 1. The predicted octanol–water partition coefficient (Wildman–Crippen LogP) is 2.71. The van der Waals surface area contributed by atoms with Gasteiger partial charge in [0.25, 0.3) is 0 Å². The van der Waals surface area contributed by atoms with E-state index in [1.807, 2.05) is 0 Å². The van der Waals surface area contributed by atoms with Crippen LogP contribution in [-0.2, 0) is 0 Å². The van der Waals surface area contributed by atoms with Gasteiger partial charge in [-0.05, 0) is 37.6 Å². The lowest BCUT2D eigenvalue weighted by Gasteiger charge is -2.35. The Morgan fingerprint density at radius 2 is 1.82 bits per heavy atom. The molecule has 1 fully saturated rings. The third kappa shape index (κ3) is 4.66. The number of nitrogens with zero attached hydrogens (tertiary/aromatic N) is 1. The van der Waals surface area contributed by atoms with Gasteiger partial charge in [-0.25, -0.2) is 0 Å². The van der Waals surface area contributed by atoms with E-state index in [0.717, 1.165) is 31.2 Å². The van der Waals surface area contributed by atoms with Gasteiger partial charge >= 0.3 is 0 Å². The van der Waals surface area contributed by atoms with Crippen LogP contribution in [0, 0.1) is 22.7 Å². The van der Waals surface area contributed by atoms with Crippen molar-refractivity contribution >= 4 is 5.84 Å². The molecule has 1 saturated heterocycles. The lowest BCUT2D eigenvalue weighted by Crippen LogP contribution is -2.40. The molecule has 0 bridgehead atoms. The van der Waals surface area contributed by atoms with E-state index >= 15 is 0 Å². The minimum Gasteiger partial charge on any atom is -0.387 e. The average molecular weight is 239 g/mol. The van der Waals surface area contributed by atoms with Crippen LogP contribution in [0.5, 0.6) is 0 Å². The fourth-order valence-electron chi connectivity index (χ4n) is 2.85. The molecule has 0 radical (unpaired) electrons. The van der Waals surface area contributed by atoms with Crippen molar-refractivity contribution in [2.45, 2.75) is 47.0 Å². The van der Waals surface area contributed by atoms with Gasteiger partial charge in [0.05, 0.1) is 5.84 Å². The molecule has 3 nitrogen and oxygen atoms in total. The fraction of sp³-hybridized carbons (Fsp3) is 0.929. The zero-order valence-corrected chi connectivity index (χ0v) is 11.9. The van der Waals surface area contributed by atoms with Crippen LogP contribution in [0.2, 0.25) is 0 Å². The van der Waals surface area contributed by atoms with Gasteiger partial charge in [-0.1, -0.05) is 27.7 Å². The summed E-state index contributed by atoms with van der Waals surface area (Å²) in [6, 6.07) is 0. The average Bonchev–Trinajstić information content (AvgIpc) is 2.15. The molecular formula is C14H29N3. The molecule has 0 aromatic rings. The lowest BCUT2D eigenvalue weighted by atomic mass is 9.86. The third-order valence-corrected chi connectivity index (χ3v) is 3.95. The summed E-state index contributed by atoms with van der Waals surface area (Å²) in [5.74, 6) is 1.98. The van der Waals surface area contributed by atoms with Gasteiger partial charge in [0.1, 0.15) is 0 Å². The Balaban J connectivity index is 2.29. The van der Waals surface area contributed by atoms with Crippen LogP contribution >= 0.6 is 0 Å². The maximum Gasteiger partial charge on any atom is 0.0963 e. The highest BCUT2D eigenvalue weighted by atomic mass is 15.1. The summed E-state index contributed by atoms with van der Waals surface area (Å²) in [6.07, 6.45) is 3.53. The van der Waals surface area contributed by atoms with Crippen LogP contribution in [0.1, 0.15) is 47.0 Å². The highest BCUT2D eigenvalue weighted by molar-refractivity contribution is 5.82. The van der Waals surface area contributed by atoms with E-state index in [-0.39, 0.29) is 5.41 Å². The van der Waals surface area contributed by atoms with Gasteiger partial charge in [0.15, 0.2) is 0 Å². The summed E-state index contributed by atoms with van der Waals surface area (Å²) in [7, 11) is 0. The van der Waals surface area contributed by atoms with Crippen LogP contribution in [-0.4, -0.2) is 30.4 Å². The van der Waals surface area contributed by atoms with E-state index in [1.165, 1.54) is 19.5 Å². The molecule has 0 spiro atoms. The highest BCUT2D eigenvalue weighted by Crippen LogP contribution is 2.24. The predicted molar refractivity (Wildman–Crippen MR) is 74.3 cm³/mol. The van der Waals surface area contributed by atoms with E-state index in [0.29, 0.717) is 5.84 Å². The minimum absolute atomic E-state index is 0.132. The van der Waals surface area contributed by atoms with Gasteiger partial charge in [0.2, 0.25) is 0 Å². The van der Waals surface area contributed by atoms with Gasteiger partial charge in [-0.15, -0.1) is 0 Å². The molecule has 100 valence electrons. The lowest BCUT2D eigenvalue weighted by molar-refractivity contribution is 0.136. The first-order valence-corrected chi connectivity index (χ1v) is 6.88. The van der Waals surface area contributed by atoms with Crippen LogP contribution in [0.15, 0.2) is 0 Å². The molecule has 1 heterocycles. The Morgan fingerprint density at radius 3 is 2.29 bits per heavy atom. The first kappa shape index (κ1) is 14.5. The molecule has 1 aliphatic rings. The van der Waals surface area contributed by atoms with Crippen LogP contribution in [0.25, 0.3) is 0 Å². The highest BCUT2D eigenvalue weighted by Gasteiger charge is 2.24. The number of hydrogen-bond acceptors (Lipinski definition) is 2. The number of rotatable bonds is 5. The largest absolute Gasteiger partial charge is 0.387 e. The zero-order valence-electron chi connectivity index (χ0n) is 11.9. The molecule has 1 rings (SSSR count). The van der Waals surface area contributed by atoms with Crippen molar-refractivity contribution < 1.29 is 0 Å². The quantitative estimate of drug-likeness (QED) is 0.572. The monoisotopic (exact) mass is 239 g/mol. The smallest absolute Gasteiger partial charge is 0.0963 e. The molecule has 0 aliphatic carbocycles.